The Balaban J connectivity index is 0.891. The molecule has 1 aliphatic carbocycles. The number of fused-ring (bicyclic) bond motifs is 3. The second-order valence-corrected chi connectivity index (χ2v) is 21.6. The molecule has 1 spiro atoms. The molecule has 7 heterocycles. The highest BCUT2D eigenvalue weighted by Gasteiger charge is 2.51. The summed E-state index contributed by atoms with van der Waals surface area (Å²) in [6.07, 6.45) is 7.94. The summed E-state index contributed by atoms with van der Waals surface area (Å²) in [6.45, 7) is 10.2. The number of piperidine rings is 1. The highest BCUT2D eigenvalue weighted by molar-refractivity contribution is 7.90. The first-order valence-electron chi connectivity index (χ1n) is 24.4. The zero-order valence-electron chi connectivity index (χ0n) is 39.1. The van der Waals surface area contributed by atoms with E-state index in [4.69, 9.17) is 23.9 Å². The van der Waals surface area contributed by atoms with Crippen LogP contribution < -0.4 is 24.6 Å². The van der Waals surface area contributed by atoms with E-state index in [0.717, 1.165) is 75.4 Å². The molecule has 1 saturated carbocycles. The van der Waals surface area contributed by atoms with Crippen LogP contribution in [0.1, 0.15) is 79.4 Å². The number of rotatable bonds is 11. The largest absolute Gasteiger partial charge is 0.468 e. The smallest absolute Gasteiger partial charge is 0.293 e. The molecule has 5 fully saturated rings. The van der Waals surface area contributed by atoms with Crippen molar-refractivity contribution in [2.75, 3.05) is 74.4 Å². The first-order valence-corrected chi connectivity index (χ1v) is 25.9. The van der Waals surface area contributed by atoms with E-state index in [1.54, 1.807) is 6.07 Å². The Morgan fingerprint density at radius 2 is 1.74 bits per heavy atom. The van der Waals surface area contributed by atoms with Gasteiger partial charge in [-0.25, -0.2) is 13.1 Å². The molecule has 1 amide bonds. The lowest BCUT2D eigenvalue weighted by molar-refractivity contribution is -0.384. The number of aryl methyl sites for hydroxylation is 1. The number of H-pyrrole nitrogens is 1. The maximum absolute atomic E-state index is 14.7. The molecule has 5 aromatic rings. The van der Waals surface area contributed by atoms with Gasteiger partial charge in [-0.2, -0.15) is 4.98 Å². The van der Waals surface area contributed by atoms with Gasteiger partial charge in [0.2, 0.25) is 5.88 Å². The number of amides is 1. The average molecular weight is 961 g/mol. The Morgan fingerprint density at radius 3 is 2.55 bits per heavy atom. The number of pyridine rings is 1. The van der Waals surface area contributed by atoms with Gasteiger partial charge in [0, 0.05) is 74.9 Å². The van der Waals surface area contributed by atoms with Gasteiger partial charge in [0.15, 0.2) is 0 Å². The van der Waals surface area contributed by atoms with Crippen LogP contribution in [-0.2, 0) is 24.2 Å². The monoisotopic (exact) mass is 960 g/mol. The Bertz CT molecular complexity index is 2860. The van der Waals surface area contributed by atoms with Crippen LogP contribution in [0.4, 0.5) is 28.4 Å². The SMILES string of the molecule is Cc1ccccc1[C@@H]1COCCN1C1CC2(CCN(c3ccc(C(=O)NS(=O)(=O)c4ccc(NCC5CCOCC5)c([N+](=O)[O-])c4)c(N4c5cc6cc[nH]c6nc5O[C@H]5COCC[C@@H]54)c3)[C@@H](C)C2)C1. The highest BCUT2D eigenvalue weighted by atomic mass is 32.2. The van der Waals surface area contributed by atoms with Crippen LogP contribution in [0.15, 0.2) is 83.9 Å². The summed E-state index contributed by atoms with van der Waals surface area (Å²) in [4.78, 5) is 41.2. The van der Waals surface area contributed by atoms with Crippen LogP contribution >= 0.6 is 0 Å². The fraction of sp³-hybridized carbons (Fsp3) is 0.490. The van der Waals surface area contributed by atoms with Gasteiger partial charge in [-0.15, -0.1) is 0 Å². The first kappa shape index (κ1) is 45.6. The van der Waals surface area contributed by atoms with E-state index < -0.39 is 37.5 Å². The number of aromatic amines is 1. The minimum atomic E-state index is -4.60. The van der Waals surface area contributed by atoms with Gasteiger partial charge in [0.25, 0.3) is 21.6 Å². The number of sulfonamides is 1. The lowest BCUT2D eigenvalue weighted by atomic mass is 9.58. The lowest BCUT2D eigenvalue weighted by Gasteiger charge is -2.59. The number of nitrogens with one attached hydrogen (secondary N) is 3. The number of nitro groups is 1. The van der Waals surface area contributed by atoms with Gasteiger partial charge in [0.05, 0.1) is 53.0 Å². The van der Waals surface area contributed by atoms with E-state index >= 15 is 0 Å². The van der Waals surface area contributed by atoms with Crippen LogP contribution in [0, 0.1) is 28.4 Å². The standard InChI is InChI=1S/C51H60N8O9S/c1-32-5-3-4-6-39(32)46-30-67-22-18-57(46)37-27-51(28-37)15-17-56(33(2)26-51)36-7-9-40(43(24-36)58-42-14-21-66-31-47(42)68-50-45(58)23-35-11-16-52-48(35)54-50)49(60)55-69(63,64)38-8-10-41(44(25-38)59(61)62)53-29-34-12-19-65-20-13-34/h3-11,16,23-25,33-34,37,42,46-47,53H,12-15,17-22,26-31H2,1-2H3,(H,52,54)(H,55,60)/t33-,37?,42-,46-,47-,51?/m0/s1. The number of nitrogens with zero attached hydrogens (tertiary/aromatic N) is 5. The fourth-order valence-corrected chi connectivity index (χ4v) is 13.1. The average Bonchev–Trinajstić information content (AvgIpc) is 3.81. The maximum Gasteiger partial charge on any atom is 0.293 e. The quantitative estimate of drug-likeness (QED) is 0.0864. The molecular formula is C51H60N8O9S. The summed E-state index contributed by atoms with van der Waals surface area (Å²) >= 11 is 0. The molecule has 2 aromatic heterocycles. The van der Waals surface area contributed by atoms with E-state index in [9.17, 15) is 23.3 Å². The second-order valence-electron chi connectivity index (χ2n) is 19.9. The molecule has 17 nitrogen and oxygen atoms in total. The zero-order chi connectivity index (χ0) is 47.4. The molecule has 3 N–H and O–H groups in total. The predicted octanol–water partition coefficient (Wildman–Crippen LogP) is 7.64. The van der Waals surface area contributed by atoms with Crippen molar-refractivity contribution in [1.29, 1.82) is 0 Å². The van der Waals surface area contributed by atoms with Gasteiger partial charge in [-0.1, -0.05) is 24.3 Å². The van der Waals surface area contributed by atoms with E-state index in [1.807, 2.05) is 30.5 Å². The molecule has 18 heteroatoms. The summed E-state index contributed by atoms with van der Waals surface area (Å²) in [5.41, 5.74) is 5.52. The molecule has 69 heavy (non-hydrogen) atoms. The fourth-order valence-electron chi connectivity index (χ4n) is 12.1. The van der Waals surface area contributed by atoms with E-state index in [0.29, 0.717) is 74.9 Å². The minimum Gasteiger partial charge on any atom is -0.468 e. The summed E-state index contributed by atoms with van der Waals surface area (Å²) in [5, 5.41) is 16.3. The Kier molecular flexibility index (Phi) is 12.2. The first-order chi connectivity index (χ1) is 33.4. The van der Waals surface area contributed by atoms with E-state index in [1.165, 1.54) is 23.3 Å². The third-order valence-electron chi connectivity index (χ3n) is 15.7. The molecule has 4 atom stereocenters. The Morgan fingerprint density at radius 1 is 0.928 bits per heavy atom. The number of nitro benzene ring substituents is 1. The summed E-state index contributed by atoms with van der Waals surface area (Å²) in [5.74, 6) is -0.228. The predicted molar refractivity (Wildman–Crippen MR) is 261 cm³/mol. The number of ether oxygens (including phenoxy) is 4. The number of morpholine rings is 1. The highest BCUT2D eigenvalue weighted by Crippen LogP contribution is 2.55. The summed E-state index contributed by atoms with van der Waals surface area (Å²) in [6, 6.07) is 22.5. The number of hydrogen-bond acceptors (Lipinski definition) is 14. The van der Waals surface area contributed by atoms with Crippen LogP contribution in [0.3, 0.4) is 0 Å². The second kappa shape index (κ2) is 18.5. The molecular weight excluding hydrogens is 901 g/mol. The maximum atomic E-state index is 14.7. The third-order valence-corrected chi connectivity index (χ3v) is 17.0. The Labute approximate surface area is 402 Å². The lowest BCUT2D eigenvalue weighted by Crippen LogP contribution is -2.59. The number of carbonyl (C=O) groups is 1. The normalized spacial score (nSPS) is 26.4. The van der Waals surface area contributed by atoms with Crippen molar-refractivity contribution in [3.63, 3.8) is 0 Å². The zero-order valence-corrected chi connectivity index (χ0v) is 39.9. The topological polar surface area (TPSA) is 194 Å². The molecule has 0 bridgehead atoms. The minimum absolute atomic E-state index is 0.121. The number of hydrogen-bond donors (Lipinski definition) is 3. The molecule has 3 aromatic carbocycles. The van der Waals surface area contributed by atoms with Crippen LogP contribution in [0.5, 0.6) is 5.88 Å². The molecule has 11 rings (SSSR count). The number of carbonyl (C=O) groups excluding carboxylic acids is 1. The van der Waals surface area contributed by atoms with E-state index in [2.05, 4.69) is 67.8 Å². The van der Waals surface area contributed by atoms with E-state index in [-0.39, 0.29) is 40.7 Å². The molecule has 4 saturated heterocycles. The summed E-state index contributed by atoms with van der Waals surface area (Å²) in [7, 11) is -4.60. The molecule has 0 radical (unpaired) electrons. The molecule has 364 valence electrons. The van der Waals surface area contributed by atoms with Gasteiger partial charge in [0.1, 0.15) is 23.1 Å². The van der Waals surface area contributed by atoms with Gasteiger partial charge >= 0.3 is 0 Å². The van der Waals surface area contributed by atoms with Crippen molar-refractivity contribution < 1.29 is 37.1 Å². The number of aromatic nitrogens is 2. The van der Waals surface area contributed by atoms with Gasteiger partial charge in [-0.3, -0.25) is 19.8 Å². The molecule has 5 aliphatic heterocycles. The van der Waals surface area contributed by atoms with Crippen molar-refractivity contribution in [2.24, 2.45) is 11.3 Å². The van der Waals surface area contributed by atoms with Crippen LogP contribution in [-0.4, -0.2) is 118 Å². The summed E-state index contributed by atoms with van der Waals surface area (Å²) < 4.78 is 54.5. The third kappa shape index (κ3) is 8.79. The van der Waals surface area contributed by atoms with Crippen molar-refractivity contribution >= 4 is 55.4 Å². The van der Waals surface area contributed by atoms with Gasteiger partial charge < -0.3 is 39.0 Å². The number of anilines is 4. The number of benzene rings is 3. The van der Waals surface area contributed by atoms with Gasteiger partial charge in [-0.05, 0) is 124 Å². The molecule has 6 aliphatic rings. The molecule has 0 unspecified atom stereocenters. The van der Waals surface area contributed by atoms with Crippen molar-refractivity contribution in [3.8, 4) is 5.88 Å². The Hall–Kier alpha value is -5.79. The van der Waals surface area contributed by atoms with Crippen molar-refractivity contribution in [1.82, 2.24) is 19.6 Å². The van der Waals surface area contributed by atoms with Crippen molar-refractivity contribution in [2.45, 2.75) is 94.0 Å². The van der Waals surface area contributed by atoms with Crippen molar-refractivity contribution in [3.05, 3.63) is 106 Å². The van der Waals surface area contributed by atoms with Crippen LogP contribution in [0.2, 0.25) is 0 Å². The van der Waals surface area contributed by atoms with Crippen LogP contribution in [0.25, 0.3) is 11.0 Å².